The third-order valence-corrected chi connectivity index (χ3v) is 5.23. The largest absolute Gasteiger partial charge is 0.497 e. The van der Waals surface area contributed by atoms with Crippen molar-refractivity contribution in [1.29, 1.82) is 0 Å². The Balaban J connectivity index is 2.14. The second kappa shape index (κ2) is 5.88. The number of benzene rings is 1. The average molecular weight is 307 g/mol. The molecule has 2 aromatic rings. The molecule has 1 aromatic heterocycles. The number of aromatic nitrogens is 2. The van der Waals surface area contributed by atoms with Gasteiger partial charge in [-0.1, -0.05) is 13.8 Å². The van der Waals surface area contributed by atoms with Crippen LogP contribution in [-0.2, 0) is 6.42 Å². The van der Waals surface area contributed by atoms with E-state index < -0.39 is 0 Å². The molecule has 1 saturated carbocycles. The number of imidazole rings is 1. The summed E-state index contributed by atoms with van der Waals surface area (Å²) in [6, 6.07) is 6.65. The molecule has 0 spiro atoms. The second-order valence-electron chi connectivity index (χ2n) is 6.17. The molecule has 0 amide bonds. The number of hydrogen-bond donors (Lipinski definition) is 0. The summed E-state index contributed by atoms with van der Waals surface area (Å²) in [6.45, 7) is 4.71. The molecule has 0 saturated heterocycles. The fraction of sp³-hybridized carbons (Fsp3) is 0.588. The van der Waals surface area contributed by atoms with Crippen molar-refractivity contribution in [1.82, 2.24) is 9.55 Å². The third kappa shape index (κ3) is 2.52. The maximum absolute atomic E-state index is 5.99. The van der Waals surface area contributed by atoms with Gasteiger partial charge in [0.05, 0.1) is 18.1 Å². The lowest BCUT2D eigenvalue weighted by Gasteiger charge is -2.23. The topological polar surface area (TPSA) is 27.1 Å². The molecule has 1 fully saturated rings. The van der Waals surface area contributed by atoms with E-state index in [2.05, 4.69) is 24.5 Å². The van der Waals surface area contributed by atoms with Crippen molar-refractivity contribution in [2.75, 3.05) is 13.0 Å². The summed E-state index contributed by atoms with van der Waals surface area (Å²) in [7, 11) is 1.71. The molecule has 1 aliphatic rings. The zero-order valence-electron chi connectivity index (χ0n) is 13.0. The van der Waals surface area contributed by atoms with Crippen LogP contribution in [0.1, 0.15) is 38.6 Å². The Morgan fingerprint density at radius 3 is 2.76 bits per heavy atom. The number of rotatable bonds is 4. The highest BCUT2D eigenvalue weighted by molar-refractivity contribution is 6.17. The summed E-state index contributed by atoms with van der Waals surface area (Å²) >= 11 is 5.99. The van der Waals surface area contributed by atoms with Gasteiger partial charge < -0.3 is 9.30 Å². The van der Waals surface area contributed by atoms with E-state index in [1.807, 2.05) is 12.1 Å². The Morgan fingerprint density at radius 2 is 2.14 bits per heavy atom. The second-order valence-corrected chi connectivity index (χ2v) is 6.55. The van der Waals surface area contributed by atoms with Gasteiger partial charge in [0, 0.05) is 24.4 Å². The van der Waals surface area contributed by atoms with E-state index in [-0.39, 0.29) is 0 Å². The van der Waals surface area contributed by atoms with E-state index in [0.29, 0.717) is 17.8 Å². The van der Waals surface area contributed by atoms with Crippen molar-refractivity contribution in [3.8, 4) is 5.75 Å². The predicted molar refractivity (Wildman–Crippen MR) is 87.3 cm³/mol. The number of fused-ring (bicyclic) bond motifs is 1. The van der Waals surface area contributed by atoms with E-state index in [9.17, 15) is 0 Å². The van der Waals surface area contributed by atoms with Gasteiger partial charge in [-0.05, 0) is 36.8 Å². The first-order chi connectivity index (χ1) is 10.2. The minimum Gasteiger partial charge on any atom is -0.497 e. The highest BCUT2D eigenvalue weighted by Gasteiger charge is 2.33. The molecule has 1 aromatic carbocycles. The van der Waals surface area contributed by atoms with Gasteiger partial charge in [-0.15, -0.1) is 11.6 Å². The Labute approximate surface area is 131 Å². The Bertz CT molecular complexity index is 637. The van der Waals surface area contributed by atoms with Crippen molar-refractivity contribution >= 4 is 22.6 Å². The first kappa shape index (κ1) is 14.7. The third-order valence-electron chi connectivity index (χ3n) is 5.04. The van der Waals surface area contributed by atoms with Crippen molar-refractivity contribution < 1.29 is 4.74 Å². The summed E-state index contributed by atoms with van der Waals surface area (Å²) in [5.74, 6) is 4.04. The molecule has 114 valence electrons. The predicted octanol–water partition coefficient (Wildman–Crippen LogP) is 4.43. The molecule has 0 bridgehead atoms. The SMILES string of the molecule is COc1ccc2nc(CCCl)n(C3CCC(C)C3C)c2c1. The number of halogens is 1. The van der Waals surface area contributed by atoms with Crippen LogP contribution in [0, 0.1) is 11.8 Å². The summed E-state index contributed by atoms with van der Waals surface area (Å²) in [5.41, 5.74) is 2.23. The molecular weight excluding hydrogens is 284 g/mol. The molecule has 3 nitrogen and oxygen atoms in total. The number of aryl methyl sites for hydroxylation is 1. The number of ether oxygens (including phenoxy) is 1. The van der Waals surface area contributed by atoms with Gasteiger partial charge in [-0.2, -0.15) is 0 Å². The van der Waals surface area contributed by atoms with Crippen LogP contribution in [0.4, 0.5) is 0 Å². The monoisotopic (exact) mass is 306 g/mol. The molecule has 0 aliphatic heterocycles. The van der Waals surface area contributed by atoms with E-state index in [1.165, 1.54) is 18.4 Å². The van der Waals surface area contributed by atoms with Crippen molar-refractivity contribution in [3.05, 3.63) is 24.0 Å². The molecule has 1 heterocycles. The van der Waals surface area contributed by atoms with E-state index in [1.54, 1.807) is 7.11 Å². The van der Waals surface area contributed by atoms with Crippen molar-refractivity contribution in [2.24, 2.45) is 11.8 Å². The summed E-state index contributed by atoms with van der Waals surface area (Å²) in [6.07, 6.45) is 3.33. The fourth-order valence-corrected chi connectivity index (χ4v) is 3.75. The normalized spacial score (nSPS) is 25.6. The molecule has 4 heteroatoms. The highest BCUT2D eigenvalue weighted by Crippen LogP contribution is 2.42. The minimum absolute atomic E-state index is 0.523. The standard InChI is InChI=1S/C17H23ClN2O/c1-11-4-7-15(12(11)2)20-16-10-13(21-3)5-6-14(16)19-17(20)8-9-18/h5-6,10-12,15H,4,7-9H2,1-3H3. The molecule has 3 rings (SSSR count). The molecule has 0 N–H and O–H groups in total. The average Bonchev–Trinajstić information content (AvgIpc) is 3.00. The Kier molecular flexibility index (Phi) is 4.12. The van der Waals surface area contributed by atoms with Crippen LogP contribution >= 0.6 is 11.6 Å². The number of methoxy groups -OCH3 is 1. The van der Waals surface area contributed by atoms with Crippen molar-refractivity contribution in [2.45, 2.75) is 39.2 Å². The quantitative estimate of drug-likeness (QED) is 0.781. The minimum atomic E-state index is 0.523. The summed E-state index contributed by atoms with van der Waals surface area (Å²) in [5, 5.41) is 0. The summed E-state index contributed by atoms with van der Waals surface area (Å²) in [4.78, 5) is 4.80. The lowest BCUT2D eigenvalue weighted by atomic mass is 9.97. The van der Waals surface area contributed by atoms with Gasteiger partial charge in [0.25, 0.3) is 0 Å². The Morgan fingerprint density at radius 1 is 1.33 bits per heavy atom. The number of hydrogen-bond acceptors (Lipinski definition) is 2. The molecule has 3 atom stereocenters. The first-order valence-electron chi connectivity index (χ1n) is 7.76. The van der Waals surface area contributed by atoms with Crippen LogP contribution in [0.3, 0.4) is 0 Å². The smallest absolute Gasteiger partial charge is 0.121 e. The Hall–Kier alpha value is -1.22. The van der Waals surface area contributed by atoms with Crippen LogP contribution in [0.15, 0.2) is 18.2 Å². The van der Waals surface area contributed by atoms with Gasteiger partial charge in [0.2, 0.25) is 0 Å². The van der Waals surface area contributed by atoms with Gasteiger partial charge in [-0.25, -0.2) is 4.98 Å². The molecule has 3 unspecified atom stereocenters. The van der Waals surface area contributed by atoms with Crippen LogP contribution in [-0.4, -0.2) is 22.5 Å². The number of alkyl halides is 1. The van der Waals surface area contributed by atoms with Crippen molar-refractivity contribution in [3.63, 3.8) is 0 Å². The van der Waals surface area contributed by atoms with Gasteiger partial charge >= 0.3 is 0 Å². The van der Waals surface area contributed by atoms with Crippen LogP contribution < -0.4 is 4.74 Å². The molecular formula is C17H23ClN2O. The maximum Gasteiger partial charge on any atom is 0.121 e. The van der Waals surface area contributed by atoms with E-state index in [4.69, 9.17) is 21.3 Å². The first-order valence-corrected chi connectivity index (χ1v) is 8.30. The van der Waals surface area contributed by atoms with E-state index in [0.717, 1.165) is 29.4 Å². The van der Waals surface area contributed by atoms with E-state index >= 15 is 0 Å². The molecule has 21 heavy (non-hydrogen) atoms. The number of nitrogens with zero attached hydrogens (tertiary/aromatic N) is 2. The van der Waals surface area contributed by atoms with Gasteiger partial charge in [0.1, 0.15) is 11.6 Å². The highest BCUT2D eigenvalue weighted by atomic mass is 35.5. The zero-order valence-corrected chi connectivity index (χ0v) is 13.7. The van der Waals surface area contributed by atoms with Crippen LogP contribution in [0.5, 0.6) is 5.75 Å². The lowest BCUT2D eigenvalue weighted by molar-refractivity contribution is 0.352. The zero-order chi connectivity index (χ0) is 15.0. The molecule has 0 radical (unpaired) electrons. The maximum atomic E-state index is 5.99. The van der Waals surface area contributed by atoms with Crippen LogP contribution in [0.25, 0.3) is 11.0 Å². The van der Waals surface area contributed by atoms with Crippen LogP contribution in [0.2, 0.25) is 0 Å². The fourth-order valence-electron chi connectivity index (χ4n) is 3.58. The van der Waals surface area contributed by atoms with Gasteiger partial charge in [0.15, 0.2) is 0 Å². The molecule has 1 aliphatic carbocycles. The summed E-state index contributed by atoms with van der Waals surface area (Å²) < 4.78 is 7.81. The van der Waals surface area contributed by atoms with Gasteiger partial charge in [-0.3, -0.25) is 0 Å². The lowest BCUT2D eigenvalue weighted by Crippen LogP contribution is -2.17.